The summed E-state index contributed by atoms with van der Waals surface area (Å²) in [4.78, 5) is 0. The number of nitriles is 3. The van der Waals surface area contributed by atoms with Crippen LogP contribution in [0.5, 0.6) is 0 Å². The summed E-state index contributed by atoms with van der Waals surface area (Å²) in [5.41, 5.74) is -0.816. The maximum absolute atomic E-state index is 13.0. The van der Waals surface area contributed by atoms with Crippen LogP contribution < -0.4 is 5.32 Å². The molecule has 0 fully saturated rings. The van der Waals surface area contributed by atoms with Crippen molar-refractivity contribution in [2.24, 2.45) is 0 Å². The molecule has 1 N–H and O–H groups in total. The van der Waals surface area contributed by atoms with E-state index in [0.717, 1.165) is 10.7 Å². The van der Waals surface area contributed by atoms with Crippen LogP contribution in [0.2, 0.25) is 0 Å². The summed E-state index contributed by atoms with van der Waals surface area (Å²) >= 11 is 0. The Morgan fingerprint density at radius 2 is 1.68 bits per heavy atom. The van der Waals surface area contributed by atoms with Gasteiger partial charge in [0.05, 0.1) is 11.4 Å². The van der Waals surface area contributed by atoms with Crippen LogP contribution in [-0.2, 0) is 6.18 Å². The molecule has 0 aliphatic rings. The summed E-state index contributed by atoms with van der Waals surface area (Å²) in [6.07, 6.45) is -4.55. The van der Waals surface area contributed by atoms with E-state index >= 15 is 0 Å². The molecule has 6 nitrogen and oxygen atoms in total. The highest BCUT2D eigenvalue weighted by molar-refractivity contribution is 5.59. The Kier molecular flexibility index (Phi) is 4.76. The quantitative estimate of drug-likeness (QED) is 0.861. The highest BCUT2D eigenvalue weighted by Gasteiger charge is 2.35. The number of allylic oxidation sites excluding steroid dienone is 2. The average molecular weight is 342 g/mol. The van der Waals surface area contributed by atoms with Crippen molar-refractivity contribution in [1.82, 2.24) is 9.78 Å². The third-order valence-electron chi connectivity index (χ3n) is 3.09. The van der Waals surface area contributed by atoms with E-state index in [1.807, 2.05) is 0 Å². The van der Waals surface area contributed by atoms with Crippen molar-refractivity contribution >= 4 is 5.69 Å². The van der Waals surface area contributed by atoms with Gasteiger partial charge in [-0.15, -0.1) is 0 Å². The fourth-order valence-corrected chi connectivity index (χ4v) is 2.01. The van der Waals surface area contributed by atoms with E-state index in [0.29, 0.717) is 5.69 Å². The predicted molar refractivity (Wildman–Crippen MR) is 80.8 cm³/mol. The number of nitrogens with zero attached hydrogens (tertiary/aromatic N) is 5. The number of rotatable bonds is 3. The minimum absolute atomic E-state index is 0.175. The first-order chi connectivity index (χ1) is 11.8. The zero-order chi connectivity index (χ0) is 18.6. The van der Waals surface area contributed by atoms with E-state index in [2.05, 4.69) is 10.4 Å². The van der Waals surface area contributed by atoms with Gasteiger partial charge < -0.3 is 5.32 Å². The fraction of sp³-hybridized carbons (Fsp3) is 0.125. The molecule has 0 radical (unpaired) electrons. The van der Waals surface area contributed by atoms with E-state index < -0.39 is 17.4 Å². The fourth-order valence-electron chi connectivity index (χ4n) is 2.01. The second-order valence-corrected chi connectivity index (χ2v) is 4.84. The number of hydrogen-bond donors (Lipinski definition) is 1. The van der Waals surface area contributed by atoms with Gasteiger partial charge in [-0.3, -0.25) is 0 Å². The molecule has 0 atom stereocenters. The van der Waals surface area contributed by atoms with Gasteiger partial charge in [-0.2, -0.15) is 34.1 Å². The molecule has 9 heteroatoms. The maximum Gasteiger partial charge on any atom is 0.433 e. The van der Waals surface area contributed by atoms with Crippen LogP contribution in [0.4, 0.5) is 18.9 Å². The molecule has 0 bridgehead atoms. The number of hydrogen-bond acceptors (Lipinski definition) is 5. The molecule has 0 aliphatic heterocycles. The van der Waals surface area contributed by atoms with E-state index in [9.17, 15) is 13.2 Å². The van der Waals surface area contributed by atoms with Crippen LogP contribution in [-0.4, -0.2) is 9.78 Å². The number of aryl methyl sites for hydroxylation is 1. The lowest BCUT2D eigenvalue weighted by atomic mass is 10.2. The van der Waals surface area contributed by atoms with Gasteiger partial charge >= 0.3 is 6.18 Å². The summed E-state index contributed by atoms with van der Waals surface area (Å²) in [5.74, 6) is 0. The third kappa shape index (κ3) is 3.77. The molecule has 0 saturated heterocycles. The van der Waals surface area contributed by atoms with Gasteiger partial charge in [-0.05, 0) is 37.3 Å². The number of benzene rings is 1. The van der Waals surface area contributed by atoms with E-state index in [1.54, 1.807) is 18.2 Å². The van der Waals surface area contributed by atoms with Gasteiger partial charge in [0.25, 0.3) is 0 Å². The number of anilines is 1. The summed E-state index contributed by atoms with van der Waals surface area (Å²) in [5, 5.41) is 32.9. The number of aromatic nitrogens is 2. The Hall–Kier alpha value is -3.77. The highest BCUT2D eigenvalue weighted by Crippen LogP contribution is 2.31. The number of halogens is 3. The Morgan fingerprint density at radius 3 is 2.16 bits per heavy atom. The first kappa shape index (κ1) is 17.6. The predicted octanol–water partition coefficient (Wildman–Crippen LogP) is 3.44. The Bertz CT molecular complexity index is 930. The molecule has 1 heterocycles. The van der Waals surface area contributed by atoms with Crippen molar-refractivity contribution in [2.75, 3.05) is 5.32 Å². The van der Waals surface area contributed by atoms with Gasteiger partial charge in [0, 0.05) is 5.69 Å². The van der Waals surface area contributed by atoms with Crippen molar-refractivity contribution in [1.29, 1.82) is 15.8 Å². The van der Waals surface area contributed by atoms with E-state index in [-0.39, 0.29) is 17.1 Å². The lowest BCUT2D eigenvalue weighted by Crippen LogP contribution is -2.13. The molecule has 124 valence electrons. The molecule has 0 spiro atoms. The summed E-state index contributed by atoms with van der Waals surface area (Å²) in [7, 11) is 0. The number of alkyl halides is 3. The summed E-state index contributed by atoms with van der Waals surface area (Å²) < 4.78 is 39.9. The molecule has 1 aromatic carbocycles. The smallest absolute Gasteiger partial charge is 0.345 e. The van der Waals surface area contributed by atoms with E-state index in [4.69, 9.17) is 15.8 Å². The largest absolute Gasteiger partial charge is 0.433 e. The van der Waals surface area contributed by atoms with Crippen LogP contribution in [0.15, 0.2) is 41.6 Å². The molecule has 0 amide bonds. The van der Waals surface area contributed by atoms with Crippen LogP contribution in [0.25, 0.3) is 5.69 Å². The molecule has 0 saturated carbocycles. The van der Waals surface area contributed by atoms with Crippen molar-refractivity contribution in [3.05, 3.63) is 53.0 Å². The van der Waals surface area contributed by atoms with Gasteiger partial charge in [0.1, 0.15) is 29.6 Å². The first-order valence-corrected chi connectivity index (χ1v) is 6.76. The normalized spacial score (nSPS) is 10.3. The SMILES string of the molecule is Cc1cc(C(F)(F)F)n(-c2ccc(NC(C#N)=C(C#N)C#N)cc2)n1. The minimum atomic E-state index is -4.55. The monoisotopic (exact) mass is 342 g/mol. The van der Waals surface area contributed by atoms with E-state index in [1.165, 1.54) is 31.2 Å². The van der Waals surface area contributed by atoms with Gasteiger partial charge in [-0.1, -0.05) is 0 Å². The van der Waals surface area contributed by atoms with Crippen molar-refractivity contribution in [3.8, 4) is 23.9 Å². The lowest BCUT2D eigenvalue weighted by Gasteiger charge is -2.11. The first-order valence-electron chi connectivity index (χ1n) is 6.76. The van der Waals surface area contributed by atoms with Gasteiger partial charge in [0.2, 0.25) is 0 Å². The molecular weight excluding hydrogens is 333 g/mol. The standard InChI is InChI=1S/C16H9F3N6/c1-10-6-15(16(17,18)19)25(24-10)13-4-2-12(3-5-13)23-14(9-22)11(7-20)8-21/h2-6,23H,1H3. The Balaban J connectivity index is 2.37. The molecule has 0 aliphatic carbocycles. The van der Waals surface area contributed by atoms with Gasteiger partial charge in [0.15, 0.2) is 5.57 Å². The van der Waals surface area contributed by atoms with Crippen molar-refractivity contribution in [2.45, 2.75) is 13.1 Å². The average Bonchev–Trinajstić information content (AvgIpc) is 2.98. The summed E-state index contributed by atoms with van der Waals surface area (Å²) in [6.45, 7) is 1.46. The van der Waals surface area contributed by atoms with Crippen molar-refractivity contribution in [3.63, 3.8) is 0 Å². The number of nitrogens with one attached hydrogen (secondary N) is 1. The molecule has 2 aromatic rings. The highest BCUT2D eigenvalue weighted by atomic mass is 19.4. The summed E-state index contributed by atoms with van der Waals surface area (Å²) in [6, 6.07) is 11.4. The molecule has 0 unspecified atom stereocenters. The molecule has 25 heavy (non-hydrogen) atoms. The molecular formula is C16H9F3N6. The second kappa shape index (κ2) is 6.77. The molecule has 1 aromatic heterocycles. The van der Waals surface area contributed by atoms with Crippen LogP contribution in [0.1, 0.15) is 11.4 Å². The minimum Gasteiger partial charge on any atom is -0.345 e. The van der Waals surface area contributed by atoms with Crippen molar-refractivity contribution < 1.29 is 13.2 Å². The zero-order valence-corrected chi connectivity index (χ0v) is 12.8. The molecule has 2 rings (SSSR count). The van der Waals surface area contributed by atoms with Crippen LogP contribution >= 0.6 is 0 Å². The Labute approximate surface area is 140 Å². The van der Waals surface area contributed by atoms with Crippen LogP contribution in [0, 0.1) is 40.9 Å². The Morgan fingerprint density at radius 1 is 1.08 bits per heavy atom. The van der Waals surface area contributed by atoms with Crippen LogP contribution in [0.3, 0.4) is 0 Å². The topological polar surface area (TPSA) is 101 Å². The second-order valence-electron chi connectivity index (χ2n) is 4.84. The zero-order valence-electron chi connectivity index (χ0n) is 12.8. The maximum atomic E-state index is 13.0. The lowest BCUT2D eigenvalue weighted by molar-refractivity contribution is -0.142. The van der Waals surface area contributed by atoms with Gasteiger partial charge in [-0.25, -0.2) is 4.68 Å². The third-order valence-corrected chi connectivity index (χ3v) is 3.09.